The molecule has 0 aliphatic rings. The van der Waals surface area contributed by atoms with Gasteiger partial charge in [-0.05, 0) is 45.7 Å². The first kappa shape index (κ1) is 20.9. The number of rotatable bonds is 9. The molecule has 0 radical (unpaired) electrons. The van der Waals surface area contributed by atoms with Gasteiger partial charge in [0, 0.05) is 57.4 Å². The first-order valence-corrected chi connectivity index (χ1v) is 9.64. The molecule has 0 unspecified atom stereocenters. The topological polar surface area (TPSA) is 70.4 Å². The van der Waals surface area contributed by atoms with Crippen molar-refractivity contribution >= 4 is 5.96 Å². The predicted octanol–water partition coefficient (Wildman–Crippen LogP) is 2.44. The van der Waals surface area contributed by atoms with Gasteiger partial charge in [-0.1, -0.05) is 6.07 Å². The zero-order valence-corrected chi connectivity index (χ0v) is 17.2. The number of nitrogens with one attached hydrogen (secondary N) is 2. The largest absolute Gasteiger partial charge is 0.356 e. The molecule has 2 N–H and O–H groups in total. The summed E-state index contributed by atoms with van der Waals surface area (Å²) in [6, 6.07) is 5.19. The minimum absolute atomic E-state index is 0.570. The lowest BCUT2D eigenvalue weighted by molar-refractivity contribution is 0.173. The second-order valence-electron chi connectivity index (χ2n) is 7.13. The smallest absolute Gasteiger partial charge is 0.191 e. The number of hydrogen-bond acceptors (Lipinski definition) is 4. The number of nitrogens with zero attached hydrogens (tertiary/aromatic N) is 5. The van der Waals surface area contributed by atoms with Crippen molar-refractivity contribution in [3.8, 4) is 5.82 Å². The van der Waals surface area contributed by atoms with Crippen LogP contribution in [0.5, 0.6) is 0 Å². The van der Waals surface area contributed by atoms with E-state index in [0.717, 1.165) is 36.9 Å². The number of aromatic nitrogens is 3. The van der Waals surface area contributed by atoms with Crippen LogP contribution in [0, 0.1) is 0 Å². The first-order chi connectivity index (χ1) is 13.0. The summed E-state index contributed by atoms with van der Waals surface area (Å²) in [6.07, 6.45) is 8.32. The second-order valence-corrected chi connectivity index (χ2v) is 7.13. The van der Waals surface area contributed by atoms with E-state index in [1.54, 1.807) is 19.6 Å². The van der Waals surface area contributed by atoms with E-state index in [-0.39, 0.29) is 0 Å². The van der Waals surface area contributed by atoms with Gasteiger partial charge in [0.05, 0.1) is 0 Å². The summed E-state index contributed by atoms with van der Waals surface area (Å²) < 4.78 is 1.88. The van der Waals surface area contributed by atoms with E-state index in [2.05, 4.69) is 64.3 Å². The molecule has 7 nitrogen and oxygen atoms in total. The van der Waals surface area contributed by atoms with Gasteiger partial charge in [0.25, 0.3) is 0 Å². The highest BCUT2D eigenvalue weighted by Crippen LogP contribution is 2.06. The summed E-state index contributed by atoms with van der Waals surface area (Å²) in [4.78, 5) is 15.3. The maximum absolute atomic E-state index is 4.47. The molecule has 7 heteroatoms. The van der Waals surface area contributed by atoms with Crippen LogP contribution in [0.15, 0.2) is 42.0 Å². The van der Waals surface area contributed by atoms with E-state index in [1.165, 1.54) is 0 Å². The van der Waals surface area contributed by atoms with Crippen molar-refractivity contribution in [3.63, 3.8) is 0 Å². The van der Waals surface area contributed by atoms with Gasteiger partial charge < -0.3 is 10.6 Å². The Kier molecular flexibility index (Phi) is 8.26. The molecule has 148 valence electrons. The van der Waals surface area contributed by atoms with Crippen LogP contribution in [0.2, 0.25) is 0 Å². The third-order valence-electron chi connectivity index (χ3n) is 4.47. The summed E-state index contributed by atoms with van der Waals surface area (Å²) in [6.45, 7) is 11.7. The standard InChI is InChI=1S/C20H33N7/c1-16(2)27(17(3)4)11-6-9-23-20(21-5)25-14-18-7-8-19(24-13-18)26-12-10-22-15-26/h7-8,10,12-13,15-17H,6,9,11,14H2,1-5H3,(H2,21,23,25). The fourth-order valence-electron chi connectivity index (χ4n) is 3.06. The fraction of sp³-hybridized carbons (Fsp3) is 0.550. The average molecular weight is 372 g/mol. The van der Waals surface area contributed by atoms with E-state index in [0.29, 0.717) is 18.6 Å². The molecule has 2 aromatic rings. The SMILES string of the molecule is CN=C(NCCCN(C(C)C)C(C)C)NCc1ccc(-n2ccnc2)nc1. The summed E-state index contributed by atoms with van der Waals surface area (Å²) >= 11 is 0. The lowest BCUT2D eigenvalue weighted by atomic mass is 10.2. The quantitative estimate of drug-likeness (QED) is 0.402. The normalized spacial score (nSPS) is 12.2. The van der Waals surface area contributed by atoms with Gasteiger partial charge in [-0.2, -0.15) is 0 Å². The highest BCUT2D eigenvalue weighted by molar-refractivity contribution is 5.79. The number of aliphatic imine (C=N–C) groups is 1. The fourth-order valence-corrected chi connectivity index (χ4v) is 3.06. The van der Waals surface area contributed by atoms with E-state index in [1.807, 2.05) is 23.0 Å². The molecule has 0 aromatic carbocycles. The van der Waals surface area contributed by atoms with Gasteiger partial charge in [-0.15, -0.1) is 0 Å². The molecule has 2 aromatic heterocycles. The van der Waals surface area contributed by atoms with Gasteiger partial charge in [0.1, 0.15) is 12.1 Å². The predicted molar refractivity (Wildman–Crippen MR) is 111 cm³/mol. The molecule has 0 saturated heterocycles. The van der Waals surface area contributed by atoms with Crippen LogP contribution >= 0.6 is 0 Å². The Hall–Kier alpha value is -2.41. The van der Waals surface area contributed by atoms with Gasteiger partial charge in [-0.25, -0.2) is 9.97 Å². The van der Waals surface area contributed by atoms with Crippen molar-refractivity contribution in [2.75, 3.05) is 20.1 Å². The minimum atomic E-state index is 0.570. The van der Waals surface area contributed by atoms with Crippen LogP contribution < -0.4 is 10.6 Å². The molecular weight excluding hydrogens is 338 g/mol. The minimum Gasteiger partial charge on any atom is -0.356 e. The molecule has 0 aliphatic carbocycles. The number of hydrogen-bond donors (Lipinski definition) is 2. The Morgan fingerprint density at radius 2 is 1.96 bits per heavy atom. The zero-order valence-electron chi connectivity index (χ0n) is 17.2. The third-order valence-corrected chi connectivity index (χ3v) is 4.47. The Balaban J connectivity index is 1.74. The Labute approximate surface area is 162 Å². The highest BCUT2D eigenvalue weighted by atomic mass is 15.2. The van der Waals surface area contributed by atoms with Crippen molar-refractivity contribution < 1.29 is 0 Å². The van der Waals surface area contributed by atoms with Crippen LogP contribution in [0.4, 0.5) is 0 Å². The molecule has 0 aliphatic heterocycles. The molecule has 0 fully saturated rings. The van der Waals surface area contributed by atoms with Crippen molar-refractivity contribution in [1.29, 1.82) is 0 Å². The number of guanidine groups is 1. The summed E-state index contributed by atoms with van der Waals surface area (Å²) in [7, 11) is 1.80. The second kappa shape index (κ2) is 10.7. The van der Waals surface area contributed by atoms with Gasteiger partial charge >= 0.3 is 0 Å². The van der Waals surface area contributed by atoms with E-state index in [9.17, 15) is 0 Å². The average Bonchev–Trinajstić information content (AvgIpc) is 3.18. The molecule has 27 heavy (non-hydrogen) atoms. The van der Waals surface area contributed by atoms with Crippen LogP contribution in [-0.4, -0.2) is 57.6 Å². The van der Waals surface area contributed by atoms with Gasteiger partial charge in [0.15, 0.2) is 5.96 Å². The van der Waals surface area contributed by atoms with Crippen LogP contribution in [0.25, 0.3) is 5.82 Å². The lowest BCUT2D eigenvalue weighted by Crippen LogP contribution is -2.41. The first-order valence-electron chi connectivity index (χ1n) is 9.64. The van der Waals surface area contributed by atoms with E-state index in [4.69, 9.17) is 0 Å². The van der Waals surface area contributed by atoms with E-state index < -0.39 is 0 Å². The van der Waals surface area contributed by atoms with Crippen molar-refractivity contribution in [3.05, 3.63) is 42.6 Å². The highest BCUT2D eigenvalue weighted by Gasteiger charge is 2.12. The molecule has 0 atom stereocenters. The van der Waals surface area contributed by atoms with Crippen molar-refractivity contribution in [1.82, 2.24) is 30.1 Å². The molecule has 0 bridgehead atoms. The summed E-state index contributed by atoms with van der Waals surface area (Å²) in [5.41, 5.74) is 1.10. The maximum Gasteiger partial charge on any atom is 0.191 e. The van der Waals surface area contributed by atoms with Crippen LogP contribution in [0.1, 0.15) is 39.7 Å². The van der Waals surface area contributed by atoms with Crippen LogP contribution in [-0.2, 0) is 6.54 Å². The Morgan fingerprint density at radius 1 is 1.19 bits per heavy atom. The molecular formula is C20H33N7. The zero-order chi connectivity index (χ0) is 19.6. The van der Waals surface area contributed by atoms with Gasteiger partial charge in [-0.3, -0.25) is 14.5 Å². The molecule has 0 saturated carbocycles. The number of imidazole rings is 1. The van der Waals surface area contributed by atoms with E-state index >= 15 is 0 Å². The van der Waals surface area contributed by atoms with Crippen molar-refractivity contribution in [2.45, 2.75) is 52.7 Å². The van der Waals surface area contributed by atoms with Gasteiger partial charge in [0.2, 0.25) is 0 Å². The summed E-state index contributed by atoms with van der Waals surface area (Å²) in [5, 5.41) is 6.73. The lowest BCUT2D eigenvalue weighted by Gasteiger charge is -2.30. The molecule has 2 rings (SSSR count). The number of pyridine rings is 1. The van der Waals surface area contributed by atoms with Crippen molar-refractivity contribution in [2.24, 2.45) is 4.99 Å². The molecule has 0 spiro atoms. The monoisotopic (exact) mass is 371 g/mol. The Morgan fingerprint density at radius 3 is 2.52 bits per heavy atom. The third kappa shape index (κ3) is 6.67. The molecule has 2 heterocycles. The molecule has 0 amide bonds. The maximum atomic E-state index is 4.47. The Bertz CT molecular complexity index is 667. The van der Waals surface area contributed by atoms with Crippen LogP contribution in [0.3, 0.4) is 0 Å². The summed E-state index contributed by atoms with van der Waals surface area (Å²) in [5.74, 6) is 1.67.